The fraction of sp³-hybridized carbons (Fsp3) is 0.480. The normalized spacial score (nSPS) is 21.2. The van der Waals surface area contributed by atoms with Crippen LogP contribution < -0.4 is 10.1 Å². The van der Waals surface area contributed by atoms with Crippen LogP contribution in [0.15, 0.2) is 58.6 Å². The van der Waals surface area contributed by atoms with E-state index in [0.717, 1.165) is 18.2 Å². The van der Waals surface area contributed by atoms with Crippen LogP contribution in [-0.2, 0) is 24.6 Å². The Labute approximate surface area is 222 Å². The van der Waals surface area contributed by atoms with E-state index in [1.807, 2.05) is 0 Å². The second kappa shape index (κ2) is 10.5. The Morgan fingerprint density at radius 1 is 1.21 bits per heavy atom. The topological polar surface area (TPSA) is 151 Å². The number of nitrogens with one attached hydrogen (secondary N) is 2. The van der Waals surface area contributed by atoms with E-state index in [2.05, 4.69) is 15.3 Å². The summed E-state index contributed by atoms with van der Waals surface area (Å²) >= 11 is 0. The number of aliphatic hydroxyl groups is 1. The van der Waals surface area contributed by atoms with E-state index in [4.69, 9.17) is 9.47 Å². The molecule has 11 nitrogen and oxygen atoms in total. The van der Waals surface area contributed by atoms with E-state index in [-0.39, 0.29) is 34.6 Å². The van der Waals surface area contributed by atoms with Crippen LogP contribution in [-0.4, -0.2) is 93.1 Å². The molecule has 206 valence electrons. The van der Waals surface area contributed by atoms with Crippen molar-refractivity contribution in [3.05, 3.63) is 48.8 Å². The minimum Gasteiger partial charge on any atom is -0.491 e. The van der Waals surface area contributed by atoms with Crippen LogP contribution in [0.3, 0.4) is 0 Å². The number of fused-ring (bicyclic) bond motifs is 1. The van der Waals surface area contributed by atoms with Gasteiger partial charge < -0.3 is 24.9 Å². The van der Waals surface area contributed by atoms with Crippen molar-refractivity contribution in [3.63, 3.8) is 0 Å². The molecule has 2 aromatic heterocycles. The van der Waals surface area contributed by atoms with Gasteiger partial charge in [0.15, 0.2) is 9.84 Å². The number of hydrogen-bond acceptors (Lipinski definition) is 9. The van der Waals surface area contributed by atoms with E-state index in [9.17, 15) is 21.9 Å². The molecule has 2 fully saturated rings. The van der Waals surface area contributed by atoms with Crippen LogP contribution in [0, 0.1) is 0 Å². The molecule has 2 aliphatic heterocycles. The third-order valence-electron chi connectivity index (χ3n) is 7.17. The Kier molecular flexibility index (Phi) is 7.50. The number of ether oxygens (including phenoxy) is 2. The Bertz CT molecular complexity index is 1500. The van der Waals surface area contributed by atoms with Gasteiger partial charge in [0.1, 0.15) is 23.4 Å². The predicted octanol–water partition coefficient (Wildman–Crippen LogP) is 1.31. The number of aromatic nitrogens is 2. The lowest BCUT2D eigenvalue weighted by Gasteiger charge is -2.38. The molecule has 0 bridgehead atoms. The van der Waals surface area contributed by atoms with Crippen molar-refractivity contribution in [2.24, 2.45) is 0 Å². The number of sulfone groups is 1. The van der Waals surface area contributed by atoms with Gasteiger partial charge in [-0.1, -0.05) is 6.07 Å². The van der Waals surface area contributed by atoms with Crippen LogP contribution in [0.5, 0.6) is 5.75 Å². The molecule has 0 saturated carbocycles. The molecule has 2 atom stereocenters. The van der Waals surface area contributed by atoms with Crippen molar-refractivity contribution >= 4 is 30.9 Å². The minimum atomic E-state index is -3.65. The van der Waals surface area contributed by atoms with Crippen molar-refractivity contribution in [1.82, 2.24) is 19.6 Å². The molecule has 1 spiro atoms. The summed E-state index contributed by atoms with van der Waals surface area (Å²) in [5, 5.41) is 13.7. The van der Waals surface area contributed by atoms with Crippen molar-refractivity contribution in [1.29, 1.82) is 0 Å². The Balaban J connectivity index is 1.09. The molecule has 4 heterocycles. The number of piperidine rings is 1. The predicted molar refractivity (Wildman–Crippen MR) is 140 cm³/mol. The summed E-state index contributed by atoms with van der Waals surface area (Å²) in [5.41, 5.74) is 1.01. The van der Waals surface area contributed by atoms with E-state index in [0.29, 0.717) is 43.8 Å². The van der Waals surface area contributed by atoms with E-state index in [1.54, 1.807) is 30.5 Å². The molecule has 0 radical (unpaired) electrons. The lowest BCUT2D eigenvalue weighted by atomic mass is 9.88. The number of nitrogens with zero attached hydrogens (tertiary/aromatic N) is 2. The van der Waals surface area contributed by atoms with Crippen molar-refractivity contribution in [3.8, 4) is 5.75 Å². The Morgan fingerprint density at radius 2 is 2.00 bits per heavy atom. The fourth-order valence-corrected chi connectivity index (χ4v) is 7.08. The smallest absolute Gasteiger partial charge is 0.244 e. The maximum absolute atomic E-state index is 13.2. The van der Waals surface area contributed by atoms with Gasteiger partial charge in [-0.05, 0) is 49.6 Å². The van der Waals surface area contributed by atoms with Crippen LogP contribution in [0.2, 0.25) is 0 Å². The molecular weight excluding hydrogens is 532 g/mol. The highest BCUT2D eigenvalue weighted by atomic mass is 32.2. The third-order valence-corrected chi connectivity index (χ3v) is 10.1. The number of pyridine rings is 1. The largest absolute Gasteiger partial charge is 0.491 e. The SMILES string of the molecule is CS(=O)(=O)c1cccc(OCC(O)CNC2COC3(CCN(S(=O)(=O)c4cnc5cc[nH]c5c4)CC3)C2)c1. The van der Waals surface area contributed by atoms with E-state index >= 15 is 0 Å². The average Bonchev–Trinajstić information content (AvgIpc) is 3.53. The molecule has 2 saturated heterocycles. The fourth-order valence-electron chi connectivity index (χ4n) is 5.01. The number of hydrogen-bond donors (Lipinski definition) is 3. The monoisotopic (exact) mass is 564 g/mol. The van der Waals surface area contributed by atoms with Gasteiger partial charge in [-0.25, -0.2) is 16.8 Å². The van der Waals surface area contributed by atoms with Crippen molar-refractivity contribution in [2.45, 2.75) is 46.8 Å². The summed E-state index contributed by atoms with van der Waals surface area (Å²) in [6.45, 7) is 1.49. The van der Waals surface area contributed by atoms with Crippen LogP contribution in [0.25, 0.3) is 11.0 Å². The maximum Gasteiger partial charge on any atom is 0.244 e. The molecule has 1 aromatic carbocycles. The molecule has 38 heavy (non-hydrogen) atoms. The molecular formula is C25H32N4O7S2. The summed E-state index contributed by atoms with van der Waals surface area (Å²) < 4.78 is 63.0. The maximum atomic E-state index is 13.2. The first-order chi connectivity index (χ1) is 18.0. The van der Waals surface area contributed by atoms with Crippen LogP contribution in [0.4, 0.5) is 0 Å². The van der Waals surface area contributed by atoms with E-state index < -0.39 is 26.0 Å². The molecule has 0 aliphatic carbocycles. The molecule has 0 amide bonds. The van der Waals surface area contributed by atoms with Gasteiger partial charge in [0.2, 0.25) is 10.0 Å². The van der Waals surface area contributed by atoms with Gasteiger partial charge in [-0.3, -0.25) is 4.98 Å². The number of aliphatic hydroxyl groups excluding tert-OH is 1. The summed E-state index contributed by atoms with van der Waals surface area (Å²) in [6, 6.07) is 9.61. The summed E-state index contributed by atoms with van der Waals surface area (Å²) in [4.78, 5) is 7.58. The number of benzene rings is 1. The zero-order valence-corrected chi connectivity index (χ0v) is 22.7. The number of H-pyrrole nitrogens is 1. The molecule has 2 unspecified atom stereocenters. The first-order valence-corrected chi connectivity index (χ1v) is 15.8. The first kappa shape index (κ1) is 27.0. The van der Waals surface area contributed by atoms with Crippen molar-refractivity contribution < 1.29 is 31.4 Å². The lowest BCUT2D eigenvalue weighted by Crippen LogP contribution is -2.47. The molecule has 3 aromatic rings. The molecule has 13 heteroatoms. The standard InChI is InChI=1S/C25H32N4O7S2/c1-37(31,32)21-4-2-3-20(11-21)35-17-19(30)14-27-18-13-25(36-16-18)6-9-29(10-7-25)38(33,34)22-12-24-23(28-15-22)5-8-26-24/h2-5,8,11-12,15,18-19,26-27,30H,6-7,9-10,13-14,16-17H2,1H3. The Morgan fingerprint density at radius 3 is 2.76 bits per heavy atom. The summed E-state index contributed by atoms with van der Waals surface area (Å²) in [7, 11) is -6.99. The lowest BCUT2D eigenvalue weighted by molar-refractivity contribution is -0.0312. The second-order valence-corrected chi connectivity index (χ2v) is 14.0. The van der Waals surface area contributed by atoms with Gasteiger partial charge in [0.25, 0.3) is 0 Å². The quantitative estimate of drug-likeness (QED) is 0.349. The number of aromatic amines is 1. The van der Waals surface area contributed by atoms with Gasteiger partial charge in [0, 0.05) is 44.3 Å². The molecule has 2 aliphatic rings. The third kappa shape index (κ3) is 5.87. The Hall–Kier alpha value is -2.55. The van der Waals surface area contributed by atoms with Crippen LogP contribution >= 0.6 is 0 Å². The van der Waals surface area contributed by atoms with Gasteiger partial charge in [0.05, 0.1) is 28.1 Å². The summed E-state index contributed by atoms with van der Waals surface area (Å²) in [5.74, 6) is 0.375. The molecule has 3 N–H and O–H groups in total. The van der Waals surface area contributed by atoms with Gasteiger partial charge in [-0.2, -0.15) is 4.31 Å². The summed E-state index contributed by atoms with van der Waals surface area (Å²) in [6.07, 6.45) is 5.36. The second-order valence-electron chi connectivity index (χ2n) is 10.0. The zero-order chi connectivity index (χ0) is 27.0. The zero-order valence-electron chi connectivity index (χ0n) is 21.0. The van der Waals surface area contributed by atoms with E-state index in [1.165, 1.54) is 22.6 Å². The van der Waals surface area contributed by atoms with Gasteiger partial charge in [-0.15, -0.1) is 0 Å². The average molecular weight is 565 g/mol. The van der Waals surface area contributed by atoms with Gasteiger partial charge >= 0.3 is 0 Å². The first-order valence-electron chi connectivity index (χ1n) is 12.5. The minimum absolute atomic E-state index is 0.00882. The van der Waals surface area contributed by atoms with Crippen molar-refractivity contribution in [2.75, 3.05) is 39.1 Å². The highest BCUT2D eigenvalue weighted by molar-refractivity contribution is 7.90. The van der Waals surface area contributed by atoms with Crippen LogP contribution in [0.1, 0.15) is 19.3 Å². The molecule has 5 rings (SSSR count). The highest BCUT2D eigenvalue weighted by Crippen LogP contribution is 2.37. The highest BCUT2D eigenvalue weighted by Gasteiger charge is 2.44. The number of sulfonamides is 1. The number of rotatable bonds is 9.